The lowest BCUT2D eigenvalue weighted by atomic mass is 10.1. The quantitative estimate of drug-likeness (QED) is 0.883. The summed E-state index contributed by atoms with van der Waals surface area (Å²) < 4.78 is 5.82. The molecule has 1 aliphatic rings. The van der Waals surface area contributed by atoms with Gasteiger partial charge >= 0.3 is 5.97 Å². The number of carboxylic acid groups (broad SMARTS) is 1. The summed E-state index contributed by atoms with van der Waals surface area (Å²) in [5.41, 5.74) is 1.81. The summed E-state index contributed by atoms with van der Waals surface area (Å²) in [5.74, 6) is 0.0847. The second-order valence-corrected chi connectivity index (χ2v) is 5.51. The van der Waals surface area contributed by atoms with E-state index in [2.05, 4.69) is 16.4 Å². The normalized spacial score (nSPS) is 16.5. The Balaban J connectivity index is 1.54. The first-order valence-corrected chi connectivity index (χ1v) is 7.23. The van der Waals surface area contributed by atoms with Gasteiger partial charge in [-0.2, -0.15) is 0 Å². The van der Waals surface area contributed by atoms with Crippen LogP contribution in [0.4, 0.5) is 5.13 Å². The van der Waals surface area contributed by atoms with Gasteiger partial charge in [0.25, 0.3) is 0 Å². The van der Waals surface area contributed by atoms with E-state index >= 15 is 0 Å². The minimum atomic E-state index is -0.864. The van der Waals surface area contributed by atoms with Gasteiger partial charge in [0.1, 0.15) is 11.9 Å². The molecular weight excluding hydrogens is 276 g/mol. The van der Waals surface area contributed by atoms with Crippen molar-refractivity contribution in [1.82, 2.24) is 4.98 Å². The first-order chi connectivity index (χ1) is 9.70. The molecule has 1 atom stereocenters. The van der Waals surface area contributed by atoms with Crippen LogP contribution in [0.2, 0.25) is 0 Å². The molecule has 0 bridgehead atoms. The zero-order valence-corrected chi connectivity index (χ0v) is 11.5. The van der Waals surface area contributed by atoms with E-state index in [-0.39, 0.29) is 12.5 Å². The summed E-state index contributed by atoms with van der Waals surface area (Å²) >= 11 is 1.42. The van der Waals surface area contributed by atoms with Crippen molar-refractivity contribution in [2.75, 3.05) is 11.9 Å². The predicted molar refractivity (Wildman–Crippen MR) is 76.5 cm³/mol. The second-order valence-electron chi connectivity index (χ2n) is 4.65. The van der Waals surface area contributed by atoms with E-state index in [1.165, 1.54) is 16.9 Å². The van der Waals surface area contributed by atoms with Crippen LogP contribution in [0.3, 0.4) is 0 Å². The van der Waals surface area contributed by atoms with Crippen molar-refractivity contribution in [3.05, 3.63) is 40.9 Å². The molecule has 0 amide bonds. The van der Waals surface area contributed by atoms with Crippen LogP contribution in [0.5, 0.6) is 5.75 Å². The Morgan fingerprint density at radius 2 is 2.35 bits per heavy atom. The smallest absolute Gasteiger partial charge is 0.309 e. The molecule has 1 aromatic heterocycles. The van der Waals surface area contributed by atoms with Crippen molar-refractivity contribution in [1.29, 1.82) is 0 Å². The fourth-order valence-electron chi connectivity index (χ4n) is 2.19. The summed E-state index contributed by atoms with van der Waals surface area (Å²) in [6, 6.07) is 8.03. The van der Waals surface area contributed by atoms with E-state index in [9.17, 15) is 4.79 Å². The lowest BCUT2D eigenvalue weighted by Gasteiger charge is -2.10. The standard InChI is InChI=1S/C14H14N2O3S/c17-13(18)6-10-8-20-14(16-10)15-7-11-5-9-3-1-2-4-12(9)19-11/h1-4,8,11H,5-7H2,(H,15,16)(H,17,18). The molecule has 0 fully saturated rings. The average molecular weight is 290 g/mol. The highest BCUT2D eigenvalue weighted by Crippen LogP contribution is 2.28. The SMILES string of the molecule is O=C(O)Cc1csc(NCC2Cc3ccccc3O2)n1. The van der Waals surface area contributed by atoms with Gasteiger partial charge in [0.2, 0.25) is 0 Å². The highest BCUT2D eigenvalue weighted by molar-refractivity contribution is 7.13. The number of para-hydroxylation sites is 1. The summed E-state index contributed by atoms with van der Waals surface area (Å²) in [7, 11) is 0. The molecule has 5 nitrogen and oxygen atoms in total. The van der Waals surface area contributed by atoms with Gasteiger partial charge in [-0.25, -0.2) is 4.98 Å². The molecular formula is C14H14N2O3S. The zero-order valence-electron chi connectivity index (χ0n) is 10.7. The number of hydrogen-bond donors (Lipinski definition) is 2. The van der Waals surface area contributed by atoms with Crippen LogP contribution in [0.1, 0.15) is 11.3 Å². The number of nitrogens with zero attached hydrogens (tertiary/aromatic N) is 1. The number of ether oxygens (including phenoxy) is 1. The van der Waals surface area contributed by atoms with Gasteiger partial charge in [-0.3, -0.25) is 4.79 Å². The molecule has 0 spiro atoms. The Hall–Kier alpha value is -2.08. The van der Waals surface area contributed by atoms with Gasteiger partial charge in [-0.05, 0) is 11.6 Å². The van der Waals surface area contributed by atoms with E-state index in [0.717, 1.165) is 17.3 Å². The molecule has 0 aliphatic carbocycles. The minimum Gasteiger partial charge on any atom is -0.488 e. The number of aliphatic carboxylic acids is 1. The number of rotatable bonds is 5. The van der Waals surface area contributed by atoms with Gasteiger partial charge in [0.15, 0.2) is 5.13 Å². The minimum absolute atomic E-state index is 0.0381. The number of carboxylic acids is 1. The molecule has 2 N–H and O–H groups in total. The van der Waals surface area contributed by atoms with Crippen LogP contribution in [-0.2, 0) is 17.6 Å². The molecule has 6 heteroatoms. The van der Waals surface area contributed by atoms with E-state index in [1.807, 2.05) is 18.2 Å². The number of carbonyl (C=O) groups is 1. The topological polar surface area (TPSA) is 71.5 Å². The maximum Gasteiger partial charge on any atom is 0.309 e. The number of hydrogen-bond acceptors (Lipinski definition) is 5. The molecule has 2 aromatic rings. The molecule has 2 heterocycles. The maximum absolute atomic E-state index is 10.6. The molecule has 0 radical (unpaired) electrons. The van der Waals surface area contributed by atoms with Gasteiger partial charge in [-0.15, -0.1) is 11.3 Å². The Labute approximate surface area is 120 Å². The highest BCUT2D eigenvalue weighted by atomic mass is 32.1. The third kappa shape index (κ3) is 2.91. The van der Waals surface area contributed by atoms with Gasteiger partial charge in [0, 0.05) is 11.8 Å². The van der Waals surface area contributed by atoms with Crippen molar-refractivity contribution in [2.24, 2.45) is 0 Å². The van der Waals surface area contributed by atoms with Gasteiger partial charge in [-0.1, -0.05) is 18.2 Å². The summed E-state index contributed by atoms with van der Waals surface area (Å²) in [5, 5.41) is 14.4. The van der Waals surface area contributed by atoms with Crippen LogP contribution in [0, 0.1) is 0 Å². The molecule has 20 heavy (non-hydrogen) atoms. The molecule has 0 saturated carbocycles. The molecule has 1 unspecified atom stereocenters. The third-order valence-corrected chi connectivity index (χ3v) is 3.93. The maximum atomic E-state index is 10.6. The van der Waals surface area contributed by atoms with E-state index in [0.29, 0.717) is 12.2 Å². The van der Waals surface area contributed by atoms with Crippen LogP contribution >= 0.6 is 11.3 Å². The van der Waals surface area contributed by atoms with Crippen molar-refractivity contribution >= 4 is 22.4 Å². The Bertz CT molecular complexity index is 601. The highest BCUT2D eigenvalue weighted by Gasteiger charge is 2.22. The molecule has 1 aromatic carbocycles. The van der Waals surface area contributed by atoms with Crippen molar-refractivity contribution in [3.63, 3.8) is 0 Å². The van der Waals surface area contributed by atoms with Gasteiger partial charge < -0.3 is 15.2 Å². The van der Waals surface area contributed by atoms with Crippen molar-refractivity contribution in [3.8, 4) is 5.75 Å². The van der Waals surface area contributed by atoms with Crippen LogP contribution in [-0.4, -0.2) is 28.7 Å². The third-order valence-electron chi connectivity index (χ3n) is 3.08. The van der Waals surface area contributed by atoms with Crippen LogP contribution in [0.25, 0.3) is 0 Å². The lowest BCUT2D eigenvalue weighted by molar-refractivity contribution is -0.136. The number of thiazole rings is 1. The summed E-state index contributed by atoms with van der Waals surface area (Å²) in [6.07, 6.45) is 0.944. The average Bonchev–Trinajstić information content (AvgIpc) is 3.01. The number of aromatic nitrogens is 1. The fraction of sp³-hybridized carbons (Fsp3) is 0.286. The first-order valence-electron chi connectivity index (χ1n) is 6.35. The van der Waals surface area contributed by atoms with Crippen molar-refractivity contribution in [2.45, 2.75) is 18.9 Å². The molecule has 3 rings (SSSR count). The fourth-order valence-corrected chi connectivity index (χ4v) is 2.91. The Kier molecular flexibility index (Phi) is 3.56. The van der Waals surface area contributed by atoms with E-state index in [4.69, 9.17) is 9.84 Å². The molecule has 1 aliphatic heterocycles. The van der Waals surface area contributed by atoms with Crippen LogP contribution in [0.15, 0.2) is 29.6 Å². The Morgan fingerprint density at radius 3 is 3.15 bits per heavy atom. The summed E-state index contributed by atoms with van der Waals surface area (Å²) in [6.45, 7) is 0.661. The van der Waals surface area contributed by atoms with Crippen molar-refractivity contribution < 1.29 is 14.6 Å². The largest absolute Gasteiger partial charge is 0.488 e. The first kappa shape index (κ1) is 12.9. The predicted octanol–water partition coefficient (Wildman–Crippen LogP) is 2.19. The Morgan fingerprint density at radius 1 is 1.50 bits per heavy atom. The summed E-state index contributed by atoms with van der Waals surface area (Å²) in [4.78, 5) is 14.8. The number of nitrogens with one attached hydrogen (secondary N) is 1. The molecule has 104 valence electrons. The number of fused-ring (bicyclic) bond motifs is 1. The lowest BCUT2D eigenvalue weighted by Crippen LogP contribution is -2.23. The zero-order chi connectivity index (χ0) is 13.9. The van der Waals surface area contributed by atoms with Crippen LogP contribution < -0.4 is 10.1 Å². The number of benzene rings is 1. The van der Waals surface area contributed by atoms with E-state index in [1.54, 1.807) is 5.38 Å². The number of anilines is 1. The molecule has 0 saturated heterocycles. The van der Waals surface area contributed by atoms with Gasteiger partial charge in [0.05, 0.1) is 18.7 Å². The van der Waals surface area contributed by atoms with E-state index < -0.39 is 5.97 Å². The second kappa shape index (κ2) is 5.50. The monoisotopic (exact) mass is 290 g/mol.